The fourth-order valence-corrected chi connectivity index (χ4v) is 2.43. The van der Waals surface area contributed by atoms with Crippen LogP contribution in [-0.2, 0) is 0 Å². The number of nitrogens with one attached hydrogen (secondary N) is 3. The summed E-state index contributed by atoms with van der Waals surface area (Å²) < 4.78 is 0. The van der Waals surface area contributed by atoms with E-state index in [0.29, 0.717) is 13.1 Å². The van der Waals surface area contributed by atoms with Crippen molar-refractivity contribution in [3.8, 4) is 0 Å². The van der Waals surface area contributed by atoms with Gasteiger partial charge in [-0.15, -0.1) is 0 Å². The molecule has 0 aromatic carbocycles. The molecular weight excluding hydrogens is 226 g/mol. The number of aliphatic hydroxyl groups excluding tert-OH is 1. The third-order valence-corrected chi connectivity index (χ3v) is 4.10. The van der Waals surface area contributed by atoms with Crippen LogP contribution in [0.1, 0.15) is 39.5 Å². The lowest BCUT2D eigenvalue weighted by atomic mass is 9.90. The number of aliphatic hydroxyl groups is 1. The van der Waals surface area contributed by atoms with Crippen molar-refractivity contribution in [3.05, 3.63) is 11.3 Å². The minimum absolute atomic E-state index is 0.191. The Hall–Kier alpha value is -0.580. The van der Waals surface area contributed by atoms with E-state index in [1.165, 1.54) is 24.1 Å². The van der Waals surface area contributed by atoms with Crippen molar-refractivity contribution in [3.63, 3.8) is 0 Å². The first-order valence-corrected chi connectivity index (χ1v) is 7.15. The third-order valence-electron chi connectivity index (χ3n) is 4.10. The molecule has 2 aliphatic rings. The molecule has 0 aromatic heterocycles. The number of allylic oxidation sites excluding steroid dienone is 2. The van der Waals surface area contributed by atoms with E-state index in [4.69, 9.17) is 0 Å². The van der Waals surface area contributed by atoms with Gasteiger partial charge >= 0.3 is 0 Å². The van der Waals surface area contributed by atoms with E-state index in [2.05, 4.69) is 29.8 Å². The highest BCUT2D eigenvalue weighted by atomic mass is 16.3. The highest BCUT2D eigenvalue weighted by molar-refractivity contribution is 5.22. The summed E-state index contributed by atoms with van der Waals surface area (Å²) in [4.78, 5) is 0. The number of hydrogen-bond acceptors (Lipinski definition) is 4. The molecule has 0 bridgehead atoms. The number of hydrogen-bond donors (Lipinski definition) is 4. The van der Waals surface area contributed by atoms with Gasteiger partial charge in [0.05, 0.1) is 6.10 Å². The van der Waals surface area contributed by atoms with Crippen molar-refractivity contribution in [2.75, 3.05) is 26.2 Å². The van der Waals surface area contributed by atoms with Crippen LogP contribution in [0.3, 0.4) is 0 Å². The van der Waals surface area contributed by atoms with Crippen LogP contribution in [0, 0.1) is 0 Å². The Kier molecular flexibility index (Phi) is 4.65. The fraction of sp³-hybridized carbons (Fsp3) is 0.857. The molecule has 0 spiro atoms. The van der Waals surface area contributed by atoms with Gasteiger partial charge in [0.1, 0.15) is 0 Å². The van der Waals surface area contributed by atoms with Crippen LogP contribution in [-0.4, -0.2) is 42.9 Å². The van der Waals surface area contributed by atoms with Gasteiger partial charge in [-0.1, -0.05) is 5.57 Å². The zero-order chi connectivity index (χ0) is 13.0. The Bertz CT molecular complexity index is 302. The quantitative estimate of drug-likeness (QED) is 0.564. The molecule has 1 aliphatic carbocycles. The zero-order valence-electron chi connectivity index (χ0n) is 11.7. The molecule has 4 nitrogen and oxygen atoms in total. The lowest BCUT2D eigenvalue weighted by Crippen LogP contribution is -2.52. The van der Waals surface area contributed by atoms with E-state index in [0.717, 1.165) is 25.9 Å². The average Bonchev–Trinajstić information content (AvgIpc) is 3.19. The molecule has 1 saturated carbocycles. The van der Waals surface area contributed by atoms with Crippen LogP contribution in [0.4, 0.5) is 0 Å². The minimum atomic E-state index is -0.314. The molecule has 0 aromatic rings. The molecule has 2 rings (SSSR count). The van der Waals surface area contributed by atoms with Gasteiger partial charge in [-0.3, -0.25) is 0 Å². The van der Waals surface area contributed by atoms with Crippen molar-refractivity contribution < 1.29 is 5.11 Å². The van der Waals surface area contributed by atoms with Crippen LogP contribution in [0.25, 0.3) is 0 Å². The second kappa shape index (κ2) is 6.04. The molecule has 0 unspecified atom stereocenters. The van der Waals surface area contributed by atoms with Gasteiger partial charge in [0, 0.05) is 24.3 Å². The van der Waals surface area contributed by atoms with Crippen LogP contribution in [0.5, 0.6) is 0 Å². The molecule has 1 aliphatic heterocycles. The van der Waals surface area contributed by atoms with Gasteiger partial charge in [0.15, 0.2) is 0 Å². The molecular formula is C14H27N3O. The maximum atomic E-state index is 9.98. The molecule has 1 heterocycles. The first kappa shape index (κ1) is 13.8. The van der Waals surface area contributed by atoms with E-state index in [1.54, 1.807) is 0 Å². The monoisotopic (exact) mass is 253 g/mol. The molecule has 0 amide bonds. The van der Waals surface area contributed by atoms with Crippen LogP contribution < -0.4 is 16.0 Å². The summed E-state index contributed by atoms with van der Waals surface area (Å²) in [5, 5.41) is 20.2. The van der Waals surface area contributed by atoms with E-state index < -0.39 is 0 Å². The van der Waals surface area contributed by atoms with Crippen molar-refractivity contribution in [2.24, 2.45) is 0 Å². The second-order valence-electron chi connectivity index (χ2n) is 5.95. The molecule has 18 heavy (non-hydrogen) atoms. The fourth-order valence-electron chi connectivity index (χ4n) is 2.43. The predicted molar refractivity (Wildman–Crippen MR) is 74.5 cm³/mol. The maximum Gasteiger partial charge on any atom is 0.0836 e. The normalized spacial score (nSPS) is 23.6. The van der Waals surface area contributed by atoms with E-state index in [-0.39, 0.29) is 11.6 Å². The Morgan fingerprint density at radius 1 is 1.33 bits per heavy atom. The summed E-state index contributed by atoms with van der Waals surface area (Å²) >= 11 is 0. The van der Waals surface area contributed by atoms with Gasteiger partial charge < -0.3 is 21.1 Å². The summed E-state index contributed by atoms with van der Waals surface area (Å²) in [6.07, 6.45) is 4.43. The molecule has 1 saturated heterocycles. The highest BCUT2D eigenvalue weighted by Gasteiger charge is 2.26. The summed E-state index contributed by atoms with van der Waals surface area (Å²) in [7, 11) is 0. The first-order valence-electron chi connectivity index (χ1n) is 7.15. The standard InChI is InChI=1S/C14H27N3O/c1-11(12-3-4-12)16-9-13(18)10-17-14(2)5-7-15-8-6-14/h13,15-18H,3-10H2,1-2H3/t13-/m0/s1. The molecule has 0 radical (unpaired) electrons. The Morgan fingerprint density at radius 2 is 2.00 bits per heavy atom. The first-order chi connectivity index (χ1) is 8.59. The SMILES string of the molecule is CC(NC[C@H](O)CNC1(C)CCNCC1)=C1CC1. The lowest BCUT2D eigenvalue weighted by molar-refractivity contribution is 0.147. The van der Waals surface area contributed by atoms with Crippen molar-refractivity contribution in [2.45, 2.75) is 51.2 Å². The van der Waals surface area contributed by atoms with Gasteiger partial charge in [-0.05, 0) is 52.6 Å². The van der Waals surface area contributed by atoms with Gasteiger partial charge in [0.25, 0.3) is 0 Å². The maximum absolute atomic E-state index is 9.98. The Labute approximate surface area is 110 Å². The smallest absolute Gasteiger partial charge is 0.0836 e. The summed E-state index contributed by atoms with van der Waals surface area (Å²) in [5.41, 5.74) is 2.97. The summed E-state index contributed by atoms with van der Waals surface area (Å²) in [6, 6.07) is 0. The molecule has 104 valence electrons. The minimum Gasteiger partial charge on any atom is -0.390 e. The Morgan fingerprint density at radius 3 is 2.61 bits per heavy atom. The topological polar surface area (TPSA) is 56.3 Å². The highest BCUT2D eigenvalue weighted by Crippen LogP contribution is 2.30. The molecule has 2 fully saturated rings. The van der Waals surface area contributed by atoms with Crippen molar-refractivity contribution >= 4 is 0 Å². The average molecular weight is 253 g/mol. The van der Waals surface area contributed by atoms with Crippen LogP contribution in [0.2, 0.25) is 0 Å². The van der Waals surface area contributed by atoms with Gasteiger partial charge in [0.2, 0.25) is 0 Å². The largest absolute Gasteiger partial charge is 0.390 e. The van der Waals surface area contributed by atoms with Crippen LogP contribution in [0.15, 0.2) is 11.3 Å². The van der Waals surface area contributed by atoms with Crippen molar-refractivity contribution in [1.29, 1.82) is 0 Å². The van der Waals surface area contributed by atoms with Crippen LogP contribution >= 0.6 is 0 Å². The van der Waals surface area contributed by atoms with Crippen molar-refractivity contribution in [1.82, 2.24) is 16.0 Å². The summed E-state index contributed by atoms with van der Waals surface area (Å²) in [6.45, 7) is 7.83. The molecule has 4 N–H and O–H groups in total. The zero-order valence-corrected chi connectivity index (χ0v) is 11.7. The van der Waals surface area contributed by atoms with E-state index >= 15 is 0 Å². The Balaban J connectivity index is 1.64. The number of β-amino-alcohol motifs (C(OH)–C–C–N with tert-alkyl or cyclic N) is 1. The van der Waals surface area contributed by atoms with E-state index in [1.807, 2.05) is 0 Å². The third kappa shape index (κ3) is 4.26. The lowest BCUT2D eigenvalue weighted by Gasteiger charge is -2.36. The summed E-state index contributed by atoms with van der Waals surface area (Å²) in [5.74, 6) is 0. The second-order valence-corrected chi connectivity index (χ2v) is 5.95. The van der Waals surface area contributed by atoms with Gasteiger partial charge in [-0.2, -0.15) is 0 Å². The predicted octanol–water partition coefficient (Wildman–Crippen LogP) is 0.736. The molecule has 1 atom stereocenters. The van der Waals surface area contributed by atoms with Gasteiger partial charge in [-0.25, -0.2) is 0 Å². The molecule has 4 heteroatoms. The van der Waals surface area contributed by atoms with E-state index in [9.17, 15) is 5.11 Å². The number of rotatable bonds is 6. The number of piperidine rings is 1.